The van der Waals surface area contributed by atoms with Gasteiger partial charge < -0.3 is 4.90 Å². The molecular weight excluding hydrogens is 735 g/mol. The Balaban J connectivity index is 0.958. The molecule has 11 rings (SSSR count). The van der Waals surface area contributed by atoms with Gasteiger partial charge in [0, 0.05) is 16.9 Å². The molecule has 1 nitrogen and oxygen atoms in total. The predicted octanol–water partition coefficient (Wildman–Crippen LogP) is 17.0. The second kappa shape index (κ2) is 15.6. The van der Waals surface area contributed by atoms with Gasteiger partial charge in [-0.25, -0.2) is 0 Å². The van der Waals surface area contributed by atoms with Gasteiger partial charge in [0.1, 0.15) is 0 Å². The van der Waals surface area contributed by atoms with Gasteiger partial charge >= 0.3 is 0 Å². The van der Waals surface area contributed by atoms with E-state index in [4.69, 9.17) is 0 Å². The number of hydrogen-bond donors (Lipinski definition) is 0. The second-order valence-electron chi connectivity index (χ2n) is 15.7. The van der Waals surface area contributed by atoms with E-state index in [0.717, 1.165) is 17.1 Å². The van der Waals surface area contributed by atoms with Crippen molar-refractivity contribution in [2.75, 3.05) is 4.90 Å². The number of rotatable bonds is 8. The molecule has 0 spiro atoms. The van der Waals surface area contributed by atoms with Crippen molar-refractivity contribution < 1.29 is 0 Å². The lowest BCUT2D eigenvalue weighted by atomic mass is 9.91. The molecule has 0 N–H and O–H groups in total. The average Bonchev–Trinajstić information content (AvgIpc) is 3.35. The number of anilines is 3. The van der Waals surface area contributed by atoms with Crippen LogP contribution in [0, 0.1) is 0 Å². The minimum Gasteiger partial charge on any atom is -0.310 e. The Bertz CT molecular complexity index is 3310. The Morgan fingerprint density at radius 2 is 0.689 bits per heavy atom. The molecule has 0 unspecified atom stereocenters. The maximum absolute atomic E-state index is 2.38. The molecular formula is C60H41N. The average molecular weight is 776 g/mol. The van der Waals surface area contributed by atoms with E-state index < -0.39 is 0 Å². The van der Waals surface area contributed by atoms with Gasteiger partial charge in [0.25, 0.3) is 0 Å². The zero-order chi connectivity index (χ0) is 40.5. The quantitative estimate of drug-likeness (QED) is 0.139. The Kier molecular flexibility index (Phi) is 9.26. The van der Waals surface area contributed by atoms with Crippen LogP contribution in [0.5, 0.6) is 0 Å². The monoisotopic (exact) mass is 775 g/mol. The van der Waals surface area contributed by atoms with E-state index in [0.29, 0.717) is 0 Å². The summed E-state index contributed by atoms with van der Waals surface area (Å²) in [5.74, 6) is 0. The Morgan fingerprint density at radius 1 is 0.230 bits per heavy atom. The first-order valence-electron chi connectivity index (χ1n) is 21.0. The number of hydrogen-bond acceptors (Lipinski definition) is 1. The summed E-state index contributed by atoms with van der Waals surface area (Å²) >= 11 is 0. The highest BCUT2D eigenvalue weighted by atomic mass is 15.1. The van der Waals surface area contributed by atoms with Crippen molar-refractivity contribution in [3.8, 4) is 55.6 Å². The van der Waals surface area contributed by atoms with E-state index in [-0.39, 0.29) is 0 Å². The summed E-state index contributed by atoms with van der Waals surface area (Å²) in [6.45, 7) is 0. The van der Waals surface area contributed by atoms with Crippen LogP contribution < -0.4 is 4.90 Å². The lowest BCUT2D eigenvalue weighted by Crippen LogP contribution is -2.11. The standard InChI is InChI=1S/C60H41N/c1-3-13-42(14-4-1)43-25-27-44(28-26-43)45-31-36-52(37-32-45)61(59-24-10-9-20-55(59)47-15-5-2-6-16-47)53-38-33-46(34-39-53)50-18-11-19-51(41-50)54-22-12-23-58-57(54)40-35-49-30-29-48-17-7-8-21-56(48)60(49)58/h1-41H. The number of para-hydroxylation sites is 1. The van der Waals surface area contributed by atoms with Gasteiger partial charge in [0.05, 0.1) is 5.69 Å². The molecule has 0 aliphatic carbocycles. The van der Waals surface area contributed by atoms with Gasteiger partial charge in [-0.15, -0.1) is 0 Å². The van der Waals surface area contributed by atoms with Crippen molar-refractivity contribution in [3.05, 3.63) is 249 Å². The van der Waals surface area contributed by atoms with Crippen LogP contribution in [0.25, 0.3) is 88.0 Å². The van der Waals surface area contributed by atoms with Crippen LogP contribution in [0.3, 0.4) is 0 Å². The lowest BCUT2D eigenvalue weighted by molar-refractivity contribution is 1.28. The molecule has 0 saturated carbocycles. The SMILES string of the molecule is c1ccc(-c2ccc(-c3ccc(N(c4ccc(-c5cccc(-c6cccc7c6ccc6ccc8ccccc8c67)c5)cc4)c4ccccc4-c4ccccc4)cc3)cc2)cc1. The number of benzene rings is 11. The van der Waals surface area contributed by atoms with Crippen LogP contribution >= 0.6 is 0 Å². The third-order valence-electron chi connectivity index (χ3n) is 12.1. The van der Waals surface area contributed by atoms with Gasteiger partial charge in [0.15, 0.2) is 0 Å². The van der Waals surface area contributed by atoms with Gasteiger partial charge in [-0.1, -0.05) is 212 Å². The summed E-state index contributed by atoms with van der Waals surface area (Å²) in [7, 11) is 0. The third-order valence-corrected chi connectivity index (χ3v) is 12.1. The Hall–Kier alpha value is -8.00. The molecule has 0 fully saturated rings. The molecule has 11 aromatic rings. The molecule has 0 amide bonds. The van der Waals surface area contributed by atoms with E-state index in [9.17, 15) is 0 Å². The van der Waals surface area contributed by atoms with Crippen molar-refractivity contribution in [2.45, 2.75) is 0 Å². The number of fused-ring (bicyclic) bond motifs is 5. The fraction of sp³-hybridized carbons (Fsp3) is 0. The first-order chi connectivity index (χ1) is 30.2. The smallest absolute Gasteiger partial charge is 0.0540 e. The molecule has 0 aromatic heterocycles. The summed E-state index contributed by atoms with van der Waals surface area (Å²) in [4.78, 5) is 2.38. The molecule has 0 aliphatic rings. The fourth-order valence-corrected chi connectivity index (χ4v) is 9.03. The van der Waals surface area contributed by atoms with E-state index in [2.05, 4.69) is 254 Å². The third kappa shape index (κ3) is 6.83. The van der Waals surface area contributed by atoms with Crippen LogP contribution in [-0.4, -0.2) is 0 Å². The fourth-order valence-electron chi connectivity index (χ4n) is 9.03. The van der Waals surface area contributed by atoms with E-state index >= 15 is 0 Å². The topological polar surface area (TPSA) is 3.24 Å². The highest BCUT2D eigenvalue weighted by molar-refractivity contribution is 6.22. The molecule has 286 valence electrons. The van der Waals surface area contributed by atoms with Crippen LogP contribution in [0.4, 0.5) is 17.1 Å². The first kappa shape index (κ1) is 36.1. The van der Waals surface area contributed by atoms with Crippen molar-refractivity contribution in [1.82, 2.24) is 0 Å². The zero-order valence-corrected chi connectivity index (χ0v) is 33.6. The highest BCUT2D eigenvalue weighted by Gasteiger charge is 2.18. The molecule has 0 radical (unpaired) electrons. The zero-order valence-electron chi connectivity index (χ0n) is 33.6. The summed E-state index contributed by atoms with van der Waals surface area (Å²) in [6, 6.07) is 90.3. The normalized spacial score (nSPS) is 11.3. The molecule has 0 saturated heterocycles. The van der Waals surface area contributed by atoms with Crippen LogP contribution in [0.15, 0.2) is 249 Å². The molecule has 0 bridgehead atoms. The summed E-state index contributed by atoms with van der Waals surface area (Å²) in [5.41, 5.74) is 15.3. The minimum atomic E-state index is 1.09. The van der Waals surface area contributed by atoms with Crippen molar-refractivity contribution in [3.63, 3.8) is 0 Å². The molecule has 61 heavy (non-hydrogen) atoms. The largest absolute Gasteiger partial charge is 0.310 e. The van der Waals surface area contributed by atoms with Crippen molar-refractivity contribution in [1.29, 1.82) is 0 Å². The minimum absolute atomic E-state index is 1.09. The van der Waals surface area contributed by atoms with Gasteiger partial charge in [0.2, 0.25) is 0 Å². The van der Waals surface area contributed by atoms with E-state index in [1.165, 1.54) is 88.0 Å². The molecule has 11 aromatic carbocycles. The van der Waals surface area contributed by atoms with Crippen LogP contribution in [0.1, 0.15) is 0 Å². The van der Waals surface area contributed by atoms with Gasteiger partial charge in [-0.05, 0) is 119 Å². The molecule has 0 aliphatic heterocycles. The first-order valence-corrected chi connectivity index (χ1v) is 21.0. The molecule has 1 heteroatoms. The second-order valence-corrected chi connectivity index (χ2v) is 15.7. The van der Waals surface area contributed by atoms with E-state index in [1.54, 1.807) is 0 Å². The summed E-state index contributed by atoms with van der Waals surface area (Å²) in [5, 5.41) is 7.69. The Labute approximate surface area is 357 Å². The maximum Gasteiger partial charge on any atom is 0.0540 e. The summed E-state index contributed by atoms with van der Waals surface area (Å²) < 4.78 is 0. The van der Waals surface area contributed by atoms with Gasteiger partial charge in [-0.2, -0.15) is 0 Å². The van der Waals surface area contributed by atoms with Crippen molar-refractivity contribution in [2.24, 2.45) is 0 Å². The van der Waals surface area contributed by atoms with Gasteiger partial charge in [-0.3, -0.25) is 0 Å². The molecule has 0 heterocycles. The van der Waals surface area contributed by atoms with Crippen LogP contribution in [-0.2, 0) is 0 Å². The Morgan fingerprint density at radius 3 is 1.39 bits per heavy atom. The van der Waals surface area contributed by atoms with Crippen molar-refractivity contribution >= 4 is 49.4 Å². The maximum atomic E-state index is 2.38. The predicted molar refractivity (Wildman–Crippen MR) is 261 cm³/mol. The van der Waals surface area contributed by atoms with Crippen LogP contribution in [0.2, 0.25) is 0 Å². The lowest BCUT2D eigenvalue weighted by Gasteiger charge is -2.28. The van der Waals surface area contributed by atoms with E-state index in [1.807, 2.05) is 0 Å². The highest BCUT2D eigenvalue weighted by Crippen LogP contribution is 2.43. The number of nitrogens with zero attached hydrogens (tertiary/aromatic N) is 1. The summed E-state index contributed by atoms with van der Waals surface area (Å²) in [6.07, 6.45) is 0. The molecule has 0 atom stereocenters.